The van der Waals surface area contributed by atoms with Crippen LogP contribution in [0.25, 0.3) is 115 Å². The molecular formula is C52H31N3OS. The molecule has 0 spiro atoms. The molecule has 12 rings (SSSR count). The van der Waals surface area contributed by atoms with E-state index >= 15 is 0 Å². The molecule has 0 radical (unpaired) electrons. The van der Waals surface area contributed by atoms with Crippen molar-refractivity contribution in [3.8, 4) is 50.7 Å². The zero-order valence-corrected chi connectivity index (χ0v) is 31.4. The summed E-state index contributed by atoms with van der Waals surface area (Å²) in [7, 11) is 0. The number of nitrogens with zero attached hydrogens (tertiary/aromatic N) is 3. The van der Waals surface area contributed by atoms with Crippen molar-refractivity contribution in [2.75, 3.05) is 0 Å². The zero-order valence-electron chi connectivity index (χ0n) is 30.6. The number of rotatable bonds is 5. The van der Waals surface area contributed by atoms with Crippen molar-refractivity contribution in [2.45, 2.75) is 0 Å². The summed E-state index contributed by atoms with van der Waals surface area (Å²) >= 11 is 1.85. The fraction of sp³-hybridized carbons (Fsp3) is 0. The normalized spacial score (nSPS) is 11.9. The zero-order chi connectivity index (χ0) is 37.5. The maximum atomic E-state index is 6.30. The van der Waals surface area contributed by atoms with Crippen molar-refractivity contribution in [1.82, 2.24) is 14.5 Å². The van der Waals surface area contributed by atoms with Gasteiger partial charge in [0, 0.05) is 69.7 Å². The van der Waals surface area contributed by atoms with E-state index in [0.29, 0.717) is 5.82 Å². The number of fused-ring (bicyclic) bond motifs is 9. The summed E-state index contributed by atoms with van der Waals surface area (Å²) in [4.78, 5) is 10.4. The van der Waals surface area contributed by atoms with Crippen LogP contribution in [0.5, 0.6) is 0 Å². The maximum absolute atomic E-state index is 6.30. The molecule has 0 bridgehead atoms. The predicted molar refractivity (Wildman–Crippen MR) is 238 cm³/mol. The summed E-state index contributed by atoms with van der Waals surface area (Å²) in [6, 6.07) is 66.7. The number of hydrogen-bond acceptors (Lipinski definition) is 4. The third kappa shape index (κ3) is 5.13. The first kappa shape index (κ1) is 32.0. The molecule has 4 aromatic heterocycles. The van der Waals surface area contributed by atoms with E-state index in [1.807, 2.05) is 47.7 Å². The molecule has 0 atom stereocenters. The lowest BCUT2D eigenvalue weighted by Gasteiger charge is -2.14. The summed E-state index contributed by atoms with van der Waals surface area (Å²) in [5.74, 6) is 0.675. The summed E-state index contributed by atoms with van der Waals surface area (Å²) in [6.07, 6.45) is 0. The lowest BCUT2D eigenvalue weighted by atomic mass is 10.00. The Labute approximate surface area is 331 Å². The Hall–Kier alpha value is -7.34. The van der Waals surface area contributed by atoms with Crippen molar-refractivity contribution in [3.05, 3.63) is 188 Å². The fourth-order valence-corrected chi connectivity index (χ4v) is 9.65. The van der Waals surface area contributed by atoms with Gasteiger partial charge in [0.15, 0.2) is 5.82 Å². The molecule has 0 aliphatic heterocycles. The molecule has 4 nitrogen and oxygen atoms in total. The highest BCUT2D eigenvalue weighted by Gasteiger charge is 2.19. The highest BCUT2D eigenvalue weighted by atomic mass is 32.1. The largest absolute Gasteiger partial charge is 0.456 e. The molecule has 0 aliphatic rings. The topological polar surface area (TPSA) is 43.9 Å². The average molecular weight is 746 g/mol. The Bertz CT molecular complexity index is 3540. The molecule has 5 heteroatoms. The third-order valence-corrected chi connectivity index (χ3v) is 12.4. The molecule has 0 saturated carbocycles. The summed E-state index contributed by atoms with van der Waals surface area (Å²) in [5, 5.41) is 7.24. The highest BCUT2D eigenvalue weighted by Crippen LogP contribution is 2.42. The lowest BCUT2D eigenvalue weighted by Crippen LogP contribution is -1.98. The summed E-state index contributed by atoms with van der Waals surface area (Å²) in [6.45, 7) is 0. The number of benzene rings is 8. The van der Waals surface area contributed by atoms with Crippen molar-refractivity contribution < 1.29 is 4.42 Å². The Morgan fingerprint density at radius 2 is 1.07 bits per heavy atom. The third-order valence-electron chi connectivity index (χ3n) is 11.2. The molecule has 0 saturated heterocycles. The van der Waals surface area contributed by atoms with Crippen molar-refractivity contribution in [2.24, 2.45) is 0 Å². The van der Waals surface area contributed by atoms with Gasteiger partial charge in [0.25, 0.3) is 0 Å². The van der Waals surface area contributed by atoms with Crippen LogP contribution in [0, 0.1) is 0 Å². The molecule has 0 fully saturated rings. The van der Waals surface area contributed by atoms with Crippen LogP contribution in [0.15, 0.2) is 192 Å². The first-order valence-electron chi connectivity index (χ1n) is 19.1. The molecule has 0 amide bonds. The summed E-state index contributed by atoms with van der Waals surface area (Å²) in [5.41, 5.74) is 12.1. The summed E-state index contributed by atoms with van der Waals surface area (Å²) < 4.78 is 11.3. The predicted octanol–water partition coefficient (Wildman–Crippen LogP) is 14.5. The number of hydrogen-bond donors (Lipinski definition) is 0. The fourth-order valence-electron chi connectivity index (χ4n) is 8.56. The Kier molecular flexibility index (Phi) is 7.06. The molecule has 57 heavy (non-hydrogen) atoms. The van der Waals surface area contributed by atoms with Gasteiger partial charge in [-0.25, -0.2) is 9.97 Å². The minimum atomic E-state index is 0.675. The van der Waals surface area contributed by atoms with E-state index in [2.05, 4.69) is 156 Å². The number of para-hydroxylation sites is 3. The van der Waals surface area contributed by atoms with Crippen LogP contribution >= 0.6 is 11.3 Å². The van der Waals surface area contributed by atoms with Crippen molar-refractivity contribution >= 4 is 75.3 Å². The van der Waals surface area contributed by atoms with Crippen molar-refractivity contribution in [1.29, 1.82) is 0 Å². The smallest absolute Gasteiger partial charge is 0.160 e. The van der Waals surface area contributed by atoms with Gasteiger partial charge in [-0.05, 0) is 66.2 Å². The van der Waals surface area contributed by atoms with Crippen LogP contribution in [-0.2, 0) is 0 Å². The molecular weight excluding hydrogens is 715 g/mol. The van der Waals surface area contributed by atoms with E-state index in [1.165, 1.54) is 47.6 Å². The number of thiophene rings is 1. The van der Waals surface area contributed by atoms with Gasteiger partial charge in [-0.1, -0.05) is 127 Å². The van der Waals surface area contributed by atoms with Gasteiger partial charge in [0.2, 0.25) is 0 Å². The Balaban J connectivity index is 1.05. The molecule has 266 valence electrons. The molecule has 4 heterocycles. The monoisotopic (exact) mass is 745 g/mol. The second kappa shape index (κ2) is 12.6. The molecule has 0 aliphatic carbocycles. The molecule has 8 aromatic carbocycles. The lowest BCUT2D eigenvalue weighted by molar-refractivity contribution is 0.669. The highest BCUT2D eigenvalue weighted by molar-refractivity contribution is 7.25. The van der Waals surface area contributed by atoms with Crippen LogP contribution in [0.3, 0.4) is 0 Å². The quantitative estimate of drug-likeness (QED) is 0.176. The van der Waals surface area contributed by atoms with Crippen LogP contribution in [-0.4, -0.2) is 14.5 Å². The second-order valence-electron chi connectivity index (χ2n) is 14.6. The Morgan fingerprint density at radius 3 is 1.96 bits per heavy atom. The van der Waals surface area contributed by atoms with E-state index < -0.39 is 0 Å². The van der Waals surface area contributed by atoms with Gasteiger partial charge in [-0.3, -0.25) is 0 Å². The van der Waals surface area contributed by atoms with Crippen LogP contribution in [0.2, 0.25) is 0 Å². The Morgan fingerprint density at radius 1 is 0.404 bits per heavy atom. The van der Waals surface area contributed by atoms with Gasteiger partial charge < -0.3 is 8.98 Å². The van der Waals surface area contributed by atoms with E-state index in [0.717, 1.165) is 61.2 Å². The van der Waals surface area contributed by atoms with Gasteiger partial charge in [0.05, 0.1) is 22.4 Å². The van der Waals surface area contributed by atoms with E-state index in [-0.39, 0.29) is 0 Å². The standard InChI is InChI=1S/C52H31N3OS/c1-2-12-32(13-3-1)52-53-44(31-45(54-52)35-24-26-40-39-17-5-8-22-47(39)56-48(40)30-35)34-14-10-15-36(28-34)55-46-21-7-4-16-38(46)42-20-11-19-37(51(42)55)33-25-27-50-43(29-33)41-18-6-9-23-49(41)57-50/h1-31H. The average Bonchev–Trinajstić information content (AvgIpc) is 3.96. The van der Waals surface area contributed by atoms with Gasteiger partial charge >= 0.3 is 0 Å². The minimum Gasteiger partial charge on any atom is -0.456 e. The van der Waals surface area contributed by atoms with Gasteiger partial charge in [0.1, 0.15) is 11.2 Å². The van der Waals surface area contributed by atoms with Gasteiger partial charge in [-0.15, -0.1) is 11.3 Å². The molecule has 0 N–H and O–H groups in total. The molecule has 0 unspecified atom stereocenters. The number of furan rings is 1. The van der Waals surface area contributed by atoms with Crippen LogP contribution < -0.4 is 0 Å². The van der Waals surface area contributed by atoms with E-state index in [9.17, 15) is 0 Å². The second-order valence-corrected chi connectivity index (χ2v) is 15.6. The van der Waals surface area contributed by atoms with E-state index in [1.54, 1.807) is 0 Å². The van der Waals surface area contributed by atoms with E-state index in [4.69, 9.17) is 14.4 Å². The SMILES string of the molecule is c1ccc(-c2nc(-c3cccc(-n4c5ccccc5c5cccc(-c6ccc7sc8ccccc8c7c6)c54)c3)cc(-c3ccc4c(c3)oc3ccccc34)n2)cc1. The van der Waals surface area contributed by atoms with Crippen LogP contribution in [0.4, 0.5) is 0 Å². The first-order chi connectivity index (χ1) is 28.2. The van der Waals surface area contributed by atoms with Gasteiger partial charge in [-0.2, -0.15) is 0 Å². The first-order valence-corrected chi connectivity index (χ1v) is 20.0. The molecule has 12 aromatic rings. The van der Waals surface area contributed by atoms with Crippen molar-refractivity contribution in [3.63, 3.8) is 0 Å². The number of aromatic nitrogens is 3. The minimum absolute atomic E-state index is 0.675. The van der Waals surface area contributed by atoms with Crippen LogP contribution in [0.1, 0.15) is 0 Å². The maximum Gasteiger partial charge on any atom is 0.160 e.